The van der Waals surface area contributed by atoms with Gasteiger partial charge in [-0.1, -0.05) is 6.07 Å². The van der Waals surface area contributed by atoms with Gasteiger partial charge < -0.3 is 9.73 Å². The molecule has 0 spiro atoms. The third kappa shape index (κ3) is 4.89. The van der Waals surface area contributed by atoms with E-state index in [1.807, 2.05) is 32.9 Å². The highest BCUT2D eigenvalue weighted by Crippen LogP contribution is 2.28. The molecule has 1 N–H and O–H groups in total. The highest BCUT2D eigenvalue weighted by molar-refractivity contribution is 7.89. The summed E-state index contributed by atoms with van der Waals surface area (Å²) in [6.07, 6.45) is 1.59. The van der Waals surface area contributed by atoms with Gasteiger partial charge in [0.2, 0.25) is 15.9 Å². The van der Waals surface area contributed by atoms with E-state index in [0.717, 1.165) is 16.8 Å². The Hall–Kier alpha value is -2.91. The van der Waals surface area contributed by atoms with E-state index in [0.29, 0.717) is 44.4 Å². The molecule has 2 heterocycles. The van der Waals surface area contributed by atoms with Crippen LogP contribution in [0.15, 0.2) is 50.5 Å². The van der Waals surface area contributed by atoms with Gasteiger partial charge in [0.1, 0.15) is 0 Å². The number of piperidine rings is 1. The highest BCUT2D eigenvalue weighted by atomic mass is 32.2. The zero-order chi connectivity index (χ0) is 23.8. The molecule has 1 aliphatic rings. The normalized spacial score (nSPS) is 15.7. The number of anilines is 1. The molecular weight excluding hydrogens is 442 g/mol. The molecule has 1 fully saturated rings. The monoisotopic (exact) mass is 471 g/mol. The lowest BCUT2D eigenvalue weighted by Crippen LogP contribution is -2.39. The van der Waals surface area contributed by atoms with Gasteiger partial charge in [-0.15, -0.1) is 0 Å². The fourth-order valence-corrected chi connectivity index (χ4v) is 6.02. The number of hydrogen-bond acceptors (Lipinski definition) is 5. The van der Waals surface area contributed by atoms with E-state index in [1.165, 1.54) is 21.0 Å². The van der Waals surface area contributed by atoms with E-state index >= 15 is 0 Å². The average molecular weight is 472 g/mol. The summed E-state index contributed by atoms with van der Waals surface area (Å²) in [6.45, 7) is 6.95. The number of nitrogens with zero attached hydrogens (tertiary/aromatic N) is 2. The van der Waals surface area contributed by atoms with Crippen LogP contribution in [0.4, 0.5) is 5.69 Å². The first-order chi connectivity index (χ1) is 15.7. The van der Waals surface area contributed by atoms with Crippen molar-refractivity contribution < 1.29 is 17.6 Å². The van der Waals surface area contributed by atoms with Crippen LogP contribution >= 0.6 is 0 Å². The number of hydrogen-bond donors (Lipinski definition) is 1. The summed E-state index contributed by atoms with van der Waals surface area (Å²) < 4.78 is 34.4. The lowest BCUT2D eigenvalue weighted by atomic mass is 9.94. The molecule has 0 radical (unpaired) electrons. The maximum Gasteiger partial charge on any atom is 0.419 e. The van der Waals surface area contributed by atoms with Crippen LogP contribution in [0.25, 0.3) is 11.1 Å². The molecule has 4 rings (SSSR count). The molecule has 1 amide bonds. The minimum atomic E-state index is -3.71. The van der Waals surface area contributed by atoms with Crippen molar-refractivity contribution in [2.45, 2.75) is 51.5 Å². The number of amides is 1. The lowest BCUT2D eigenvalue weighted by molar-refractivity contribution is -0.117. The number of aromatic nitrogens is 1. The number of aryl methyl sites for hydroxylation is 3. The van der Waals surface area contributed by atoms with Gasteiger partial charge in [0.15, 0.2) is 5.58 Å². The zero-order valence-corrected chi connectivity index (χ0v) is 19.9. The minimum Gasteiger partial charge on any atom is -0.408 e. The molecule has 176 valence electrons. The Labute approximate surface area is 193 Å². The highest BCUT2D eigenvalue weighted by Gasteiger charge is 2.30. The van der Waals surface area contributed by atoms with Gasteiger partial charge in [0, 0.05) is 37.8 Å². The van der Waals surface area contributed by atoms with Gasteiger partial charge >= 0.3 is 5.76 Å². The number of oxazole rings is 1. The van der Waals surface area contributed by atoms with E-state index in [1.54, 1.807) is 6.07 Å². The summed E-state index contributed by atoms with van der Waals surface area (Å²) >= 11 is 0. The van der Waals surface area contributed by atoms with E-state index in [4.69, 9.17) is 4.42 Å². The number of benzene rings is 2. The SMILES string of the molecule is CCn1c(=O)oc2cc(S(=O)(=O)N3CCC(CC(=O)Nc4cc(C)cc(C)c4)CC3)ccc21. The third-order valence-electron chi connectivity index (χ3n) is 6.15. The quantitative estimate of drug-likeness (QED) is 0.591. The van der Waals surface area contributed by atoms with E-state index in [9.17, 15) is 18.0 Å². The Kier molecular flexibility index (Phi) is 6.45. The molecule has 0 saturated carbocycles. The summed E-state index contributed by atoms with van der Waals surface area (Å²) in [5.41, 5.74) is 3.81. The van der Waals surface area contributed by atoms with Crippen molar-refractivity contribution in [3.05, 3.63) is 58.1 Å². The van der Waals surface area contributed by atoms with E-state index in [2.05, 4.69) is 11.4 Å². The summed E-state index contributed by atoms with van der Waals surface area (Å²) in [5, 5.41) is 2.96. The van der Waals surface area contributed by atoms with Crippen LogP contribution in [0.3, 0.4) is 0 Å². The Morgan fingerprint density at radius 1 is 1.09 bits per heavy atom. The van der Waals surface area contributed by atoms with Crippen molar-refractivity contribution in [2.24, 2.45) is 5.92 Å². The van der Waals surface area contributed by atoms with Crippen molar-refractivity contribution in [1.29, 1.82) is 0 Å². The predicted octanol–water partition coefficient (Wildman–Crippen LogP) is 3.66. The van der Waals surface area contributed by atoms with Gasteiger partial charge in [-0.25, -0.2) is 13.2 Å². The molecule has 8 nitrogen and oxygen atoms in total. The number of carbonyl (C=O) groups is 1. The summed E-state index contributed by atoms with van der Waals surface area (Å²) in [7, 11) is -3.71. The molecule has 0 unspecified atom stereocenters. The molecule has 3 aromatic rings. The second kappa shape index (κ2) is 9.15. The predicted molar refractivity (Wildman–Crippen MR) is 127 cm³/mol. The number of nitrogens with one attached hydrogen (secondary N) is 1. The van der Waals surface area contributed by atoms with Crippen LogP contribution in [-0.4, -0.2) is 36.3 Å². The first-order valence-corrected chi connectivity index (χ1v) is 12.6. The van der Waals surface area contributed by atoms with Crippen LogP contribution in [0.2, 0.25) is 0 Å². The van der Waals surface area contributed by atoms with Gasteiger partial charge in [-0.3, -0.25) is 9.36 Å². The molecule has 0 aliphatic carbocycles. The number of fused-ring (bicyclic) bond motifs is 1. The van der Waals surface area contributed by atoms with E-state index < -0.39 is 15.8 Å². The van der Waals surface area contributed by atoms with Crippen molar-refractivity contribution in [3.63, 3.8) is 0 Å². The Bertz CT molecular complexity index is 1330. The first-order valence-electron chi connectivity index (χ1n) is 11.2. The minimum absolute atomic E-state index is 0.0535. The zero-order valence-electron chi connectivity index (χ0n) is 19.1. The number of rotatable bonds is 6. The van der Waals surface area contributed by atoms with Crippen LogP contribution in [-0.2, 0) is 21.4 Å². The summed E-state index contributed by atoms with van der Waals surface area (Å²) in [4.78, 5) is 24.5. The Balaban J connectivity index is 1.39. The molecular formula is C24H29N3O5S. The number of sulfonamides is 1. The van der Waals surface area contributed by atoms with Gasteiger partial charge in [0.05, 0.1) is 10.4 Å². The summed E-state index contributed by atoms with van der Waals surface area (Å²) in [6, 6.07) is 10.5. The van der Waals surface area contributed by atoms with Crippen molar-refractivity contribution in [2.75, 3.05) is 18.4 Å². The van der Waals surface area contributed by atoms with Crippen LogP contribution < -0.4 is 11.1 Å². The van der Waals surface area contributed by atoms with Crippen molar-refractivity contribution >= 4 is 32.7 Å². The molecule has 1 aromatic heterocycles. The standard InChI is InChI=1S/C24H29N3O5S/c1-4-27-21-6-5-20(15-22(21)32-24(27)29)33(30,31)26-9-7-18(8-10-26)14-23(28)25-19-12-16(2)11-17(3)13-19/h5-6,11-13,15,18H,4,7-10,14H2,1-3H3,(H,25,28). The molecule has 2 aromatic carbocycles. The first kappa shape index (κ1) is 23.3. The van der Waals surface area contributed by atoms with E-state index in [-0.39, 0.29) is 22.3 Å². The van der Waals surface area contributed by atoms with Crippen molar-refractivity contribution in [3.8, 4) is 0 Å². The van der Waals surface area contributed by atoms with Crippen LogP contribution in [0, 0.1) is 19.8 Å². The summed E-state index contributed by atoms with van der Waals surface area (Å²) in [5.74, 6) is -0.425. The van der Waals surface area contributed by atoms with Crippen LogP contribution in [0.5, 0.6) is 0 Å². The second-order valence-electron chi connectivity index (χ2n) is 8.72. The molecule has 33 heavy (non-hydrogen) atoms. The van der Waals surface area contributed by atoms with Gasteiger partial charge in [-0.2, -0.15) is 4.31 Å². The Morgan fingerprint density at radius 3 is 2.39 bits per heavy atom. The van der Waals surface area contributed by atoms with Crippen molar-refractivity contribution in [1.82, 2.24) is 8.87 Å². The van der Waals surface area contributed by atoms with Crippen LogP contribution in [0.1, 0.15) is 37.3 Å². The molecule has 1 aliphatic heterocycles. The molecule has 9 heteroatoms. The fourth-order valence-electron chi connectivity index (χ4n) is 4.53. The number of carbonyl (C=O) groups excluding carboxylic acids is 1. The lowest BCUT2D eigenvalue weighted by Gasteiger charge is -2.31. The smallest absolute Gasteiger partial charge is 0.408 e. The Morgan fingerprint density at radius 2 is 1.76 bits per heavy atom. The average Bonchev–Trinajstić information content (AvgIpc) is 3.07. The second-order valence-corrected chi connectivity index (χ2v) is 10.7. The molecule has 0 atom stereocenters. The topological polar surface area (TPSA) is 102 Å². The molecule has 0 bridgehead atoms. The largest absolute Gasteiger partial charge is 0.419 e. The maximum atomic E-state index is 13.1. The third-order valence-corrected chi connectivity index (χ3v) is 8.04. The van der Waals surface area contributed by atoms with Gasteiger partial charge in [0.25, 0.3) is 0 Å². The molecule has 1 saturated heterocycles. The van der Waals surface area contributed by atoms with Gasteiger partial charge in [-0.05, 0) is 74.9 Å². The maximum absolute atomic E-state index is 13.1. The fraction of sp³-hybridized carbons (Fsp3) is 0.417.